The van der Waals surface area contributed by atoms with Crippen molar-refractivity contribution in [3.05, 3.63) is 34.9 Å². The minimum atomic E-state index is -1.13. The second-order valence-corrected chi connectivity index (χ2v) is 5.03. The summed E-state index contributed by atoms with van der Waals surface area (Å²) in [5.74, 6) is -2.14. The standard InChI is InChI=1S/C15H17NO4/c1-3-4-5-12(15(19)20)16-13(17)10-7-6-9(2)8-11(10)14(16)18/h6-8,12H,3-5H2,1-2H3,(H,19,20). The molecule has 0 aromatic heterocycles. The Balaban J connectivity index is 2.37. The van der Waals surface area contributed by atoms with Crippen molar-refractivity contribution >= 4 is 17.8 Å². The van der Waals surface area contributed by atoms with Crippen molar-refractivity contribution in [3.63, 3.8) is 0 Å². The second kappa shape index (κ2) is 5.45. The minimum Gasteiger partial charge on any atom is -0.480 e. The molecule has 106 valence electrons. The maximum absolute atomic E-state index is 12.3. The number of benzene rings is 1. The molecule has 1 unspecified atom stereocenters. The smallest absolute Gasteiger partial charge is 0.326 e. The van der Waals surface area contributed by atoms with Crippen molar-refractivity contribution in [1.82, 2.24) is 4.90 Å². The zero-order valence-electron chi connectivity index (χ0n) is 11.5. The number of carbonyl (C=O) groups is 3. The van der Waals surface area contributed by atoms with Gasteiger partial charge >= 0.3 is 5.97 Å². The van der Waals surface area contributed by atoms with E-state index < -0.39 is 23.8 Å². The van der Waals surface area contributed by atoms with Gasteiger partial charge in [0.25, 0.3) is 11.8 Å². The Kier molecular flexibility index (Phi) is 3.88. The number of nitrogens with zero attached hydrogens (tertiary/aromatic N) is 1. The van der Waals surface area contributed by atoms with E-state index in [0.717, 1.165) is 16.9 Å². The monoisotopic (exact) mass is 275 g/mol. The number of hydrogen-bond acceptors (Lipinski definition) is 3. The van der Waals surface area contributed by atoms with Gasteiger partial charge in [-0.15, -0.1) is 0 Å². The summed E-state index contributed by atoms with van der Waals surface area (Å²) in [5.41, 5.74) is 1.47. The quantitative estimate of drug-likeness (QED) is 0.836. The van der Waals surface area contributed by atoms with Crippen molar-refractivity contribution < 1.29 is 19.5 Å². The van der Waals surface area contributed by atoms with Crippen molar-refractivity contribution in [3.8, 4) is 0 Å². The van der Waals surface area contributed by atoms with Crippen LogP contribution in [0.15, 0.2) is 18.2 Å². The van der Waals surface area contributed by atoms with Crippen molar-refractivity contribution in [2.75, 3.05) is 0 Å². The van der Waals surface area contributed by atoms with Crippen LogP contribution in [0.2, 0.25) is 0 Å². The number of aryl methyl sites for hydroxylation is 1. The highest BCUT2D eigenvalue weighted by molar-refractivity contribution is 6.22. The Morgan fingerprint density at radius 1 is 1.25 bits per heavy atom. The average Bonchev–Trinajstić information content (AvgIpc) is 2.63. The number of carboxylic acids is 1. The summed E-state index contributed by atoms with van der Waals surface area (Å²) in [6.07, 6.45) is 1.76. The first-order chi connectivity index (χ1) is 9.47. The van der Waals surface area contributed by atoms with Gasteiger partial charge in [0.2, 0.25) is 0 Å². The first-order valence-electron chi connectivity index (χ1n) is 6.68. The Labute approximate surface area is 117 Å². The highest BCUT2D eigenvalue weighted by atomic mass is 16.4. The number of rotatable bonds is 5. The van der Waals surface area contributed by atoms with Crippen LogP contribution in [0.4, 0.5) is 0 Å². The van der Waals surface area contributed by atoms with Gasteiger partial charge in [0, 0.05) is 0 Å². The molecule has 0 saturated heterocycles. The lowest BCUT2D eigenvalue weighted by molar-refractivity contribution is -0.141. The third-order valence-electron chi connectivity index (χ3n) is 3.50. The maximum atomic E-state index is 12.3. The van der Waals surface area contributed by atoms with Gasteiger partial charge in [-0.3, -0.25) is 14.5 Å². The maximum Gasteiger partial charge on any atom is 0.326 e. The predicted octanol–water partition coefficient (Wildman–Crippen LogP) is 2.23. The molecule has 0 radical (unpaired) electrons. The van der Waals surface area contributed by atoms with E-state index in [9.17, 15) is 19.5 Å². The molecule has 0 bridgehead atoms. The number of unbranched alkanes of at least 4 members (excludes halogenated alkanes) is 1. The second-order valence-electron chi connectivity index (χ2n) is 5.03. The molecular weight excluding hydrogens is 258 g/mol. The van der Waals surface area contributed by atoms with Gasteiger partial charge < -0.3 is 5.11 Å². The van der Waals surface area contributed by atoms with Crippen LogP contribution in [0, 0.1) is 6.92 Å². The molecule has 1 aliphatic rings. The van der Waals surface area contributed by atoms with Crippen LogP contribution < -0.4 is 0 Å². The van der Waals surface area contributed by atoms with E-state index in [1.807, 2.05) is 13.8 Å². The first kappa shape index (κ1) is 14.2. The summed E-state index contributed by atoms with van der Waals surface area (Å²) in [5, 5.41) is 9.28. The summed E-state index contributed by atoms with van der Waals surface area (Å²) >= 11 is 0. The van der Waals surface area contributed by atoms with E-state index >= 15 is 0 Å². The van der Waals surface area contributed by atoms with Gasteiger partial charge in [-0.1, -0.05) is 31.4 Å². The molecule has 0 aliphatic carbocycles. The van der Waals surface area contributed by atoms with Crippen LogP contribution in [-0.2, 0) is 4.79 Å². The van der Waals surface area contributed by atoms with Crippen LogP contribution in [0.5, 0.6) is 0 Å². The predicted molar refractivity (Wildman–Crippen MR) is 72.6 cm³/mol. The lowest BCUT2D eigenvalue weighted by Crippen LogP contribution is -2.44. The molecule has 2 amide bonds. The van der Waals surface area contributed by atoms with Crippen molar-refractivity contribution in [2.45, 2.75) is 39.2 Å². The fraction of sp³-hybridized carbons (Fsp3) is 0.400. The number of hydrogen-bond donors (Lipinski definition) is 1. The summed E-state index contributed by atoms with van der Waals surface area (Å²) in [6.45, 7) is 3.76. The fourth-order valence-electron chi connectivity index (χ4n) is 2.42. The fourth-order valence-corrected chi connectivity index (χ4v) is 2.42. The van der Waals surface area contributed by atoms with E-state index in [4.69, 9.17) is 0 Å². The zero-order chi connectivity index (χ0) is 14.9. The molecule has 1 heterocycles. The Hall–Kier alpha value is -2.17. The molecule has 0 saturated carbocycles. The minimum absolute atomic E-state index is 0.288. The molecule has 0 fully saturated rings. The highest BCUT2D eigenvalue weighted by Gasteiger charge is 2.42. The number of carboxylic acid groups (broad SMARTS) is 1. The van der Waals surface area contributed by atoms with Gasteiger partial charge in [0.1, 0.15) is 6.04 Å². The van der Waals surface area contributed by atoms with Crippen LogP contribution in [0.3, 0.4) is 0 Å². The van der Waals surface area contributed by atoms with E-state index in [-0.39, 0.29) is 6.42 Å². The Bertz CT molecular complexity index is 579. The van der Waals surface area contributed by atoms with Crippen LogP contribution >= 0.6 is 0 Å². The van der Waals surface area contributed by atoms with E-state index in [2.05, 4.69) is 0 Å². The number of aliphatic carboxylic acids is 1. The van der Waals surface area contributed by atoms with Crippen molar-refractivity contribution in [1.29, 1.82) is 0 Å². The van der Waals surface area contributed by atoms with Gasteiger partial charge in [-0.05, 0) is 25.5 Å². The summed E-state index contributed by atoms with van der Waals surface area (Å²) < 4.78 is 0. The largest absolute Gasteiger partial charge is 0.480 e. The number of carbonyl (C=O) groups excluding carboxylic acids is 2. The van der Waals surface area contributed by atoms with E-state index in [1.54, 1.807) is 18.2 Å². The lowest BCUT2D eigenvalue weighted by atomic mass is 10.1. The molecule has 1 atom stereocenters. The van der Waals surface area contributed by atoms with Gasteiger partial charge in [-0.25, -0.2) is 4.79 Å². The number of amides is 2. The van der Waals surface area contributed by atoms with Gasteiger partial charge in [0.15, 0.2) is 0 Å². The lowest BCUT2D eigenvalue weighted by Gasteiger charge is -2.22. The Morgan fingerprint density at radius 3 is 2.50 bits per heavy atom. The normalized spacial score (nSPS) is 15.4. The van der Waals surface area contributed by atoms with Crippen LogP contribution in [0.25, 0.3) is 0 Å². The van der Waals surface area contributed by atoms with Gasteiger partial charge in [0.05, 0.1) is 11.1 Å². The molecule has 0 spiro atoms. The van der Waals surface area contributed by atoms with Crippen LogP contribution in [-0.4, -0.2) is 33.8 Å². The molecule has 1 aromatic carbocycles. The first-order valence-corrected chi connectivity index (χ1v) is 6.68. The topological polar surface area (TPSA) is 74.7 Å². The third kappa shape index (κ3) is 2.31. The SMILES string of the molecule is CCCCC(C(=O)O)N1C(=O)c2ccc(C)cc2C1=O. The summed E-state index contributed by atoms with van der Waals surface area (Å²) in [4.78, 5) is 36.8. The van der Waals surface area contributed by atoms with Gasteiger partial charge in [-0.2, -0.15) is 0 Å². The Morgan fingerprint density at radius 2 is 1.90 bits per heavy atom. The third-order valence-corrected chi connectivity index (χ3v) is 3.50. The molecule has 2 rings (SSSR count). The summed E-state index contributed by atoms with van der Waals surface area (Å²) in [6, 6.07) is 3.88. The average molecular weight is 275 g/mol. The molecule has 1 aromatic rings. The zero-order valence-corrected chi connectivity index (χ0v) is 11.5. The van der Waals surface area contributed by atoms with E-state index in [1.165, 1.54) is 0 Å². The molecule has 5 nitrogen and oxygen atoms in total. The number of imide groups is 1. The molecule has 5 heteroatoms. The van der Waals surface area contributed by atoms with Crippen molar-refractivity contribution in [2.24, 2.45) is 0 Å². The molecule has 1 aliphatic heterocycles. The van der Waals surface area contributed by atoms with Crippen LogP contribution in [0.1, 0.15) is 52.5 Å². The van der Waals surface area contributed by atoms with E-state index in [0.29, 0.717) is 17.5 Å². The molecule has 1 N–H and O–H groups in total. The summed E-state index contributed by atoms with van der Waals surface area (Å²) in [7, 11) is 0. The molecule has 20 heavy (non-hydrogen) atoms. The molecular formula is C15H17NO4. The highest BCUT2D eigenvalue weighted by Crippen LogP contribution is 2.27. The number of fused-ring (bicyclic) bond motifs is 1.